The summed E-state index contributed by atoms with van der Waals surface area (Å²) in [6.07, 6.45) is 2.13. The van der Waals surface area contributed by atoms with Gasteiger partial charge in [0.1, 0.15) is 0 Å². The Morgan fingerprint density at radius 2 is 2.11 bits per heavy atom. The van der Waals surface area contributed by atoms with E-state index in [1.54, 1.807) is 0 Å². The highest BCUT2D eigenvalue weighted by Crippen LogP contribution is 2.24. The molecule has 0 fully saturated rings. The highest BCUT2D eigenvalue weighted by atomic mass is 32.1. The van der Waals surface area contributed by atoms with Gasteiger partial charge in [0, 0.05) is 18.7 Å². The lowest BCUT2D eigenvalue weighted by Gasteiger charge is -2.15. The molecule has 0 aliphatic carbocycles. The number of nitrogens with zero attached hydrogens (tertiary/aromatic N) is 1. The summed E-state index contributed by atoms with van der Waals surface area (Å²) in [7, 11) is 0. The fourth-order valence-corrected chi connectivity index (χ4v) is 2.37. The van der Waals surface area contributed by atoms with Gasteiger partial charge in [-0.05, 0) is 24.7 Å². The molecule has 0 saturated heterocycles. The van der Waals surface area contributed by atoms with Crippen molar-refractivity contribution in [1.29, 1.82) is 0 Å². The van der Waals surface area contributed by atoms with Gasteiger partial charge in [0.05, 0.1) is 5.69 Å². The first kappa shape index (κ1) is 12.6. The van der Waals surface area contributed by atoms with Gasteiger partial charge < -0.3 is 15.3 Å². The lowest BCUT2D eigenvalue weighted by molar-refractivity contribution is -0.118. The van der Waals surface area contributed by atoms with E-state index in [2.05, 4.69) is 4.98 Å². The molecule has 3 N–H and O–H groups in total. The van der Waals surface area contributed by atoms with E-state index in [1.165, 1.54) is 0 Å². The van der Waals surface area contributed by atoms with Gasteiger partial charge in [-0.25, -0.2) is 0 Å². The van der Waals surface area contributed by atoms with E-state index in [4.69, 9.17) is 18.0 Å². The third-order valence-corrected chi connectivity index (χ3v) is 3.13. The van der Waals surface area contributed by atoms with Crippen molar-refractivity contribution in [3.63, 3.8) is 0 Å². The number of nitrogens with two attached hydrogens (primary N) is 1. The van der Waals surface area contributed by atoms with Crippen LogP contribution in [0.4, 0.5) is 0 Å². The summed E-state index contributed by atoms with van der Waals surface area (Å²) in [5, 5.41) is 0. The van der Waals surface area contributed by atoms with Crippen LogP contribution in [0.2, 0.25) is 0 Å². The molecule has 18 heavy (non-hydrogen) atoms. The summed E-state index contributed by atoms with van der Waals surface area (Å²) in [6, 6.07) is 9.85. The standard InChI is InChI=1S/C13H15N3OS/c1-9(7-12(14)17)16-11(8-15-13(16)18)10-5-3-2-4-6-10/h2-6,8-9H,7H2,1H3,(H2,14,17)(H,15,18). The van der Waals surface area contributed by atoms with Crippen LogP contribution in [-0.4, -0.2) is 15.5 Å². The highest BCUT2D eigenvalue weighted by Gasteiger charge is 2.14. The minimum absolute atomic E-state index is 0.0588. The average Bonchev–Trinajstić information content (AvgIpc) is 2.71. The molecule has 1 heterocycles. The quantitative estimate of drug-likeness (QED) is 0.831. The van der Waals surface area contributed by atoms with Gasteiger partial charge in [0.25, 0.3) is 0 Å². The number of primary amides is 1. The number of carbonyl (C=O) groups excluding carboxylic acids is 1. The van der Waals surface area contributed by atoms with Crippen LogP contribution in [0.5, 0.6) is 0 Å². The first-order chi connectivity index (χ1) is 8.59. The molecule has 0 radical (unpaired) electrons. The first-order valence-electron chi connectivity index (χ1n) is 5.73. The largest absolute Gasteiger partial charge is 0.370 e. The Balaban J connectivity index is 2.45. The van der Waals surface area contributed by atoms with Gasteiger partial charge in [-0.15, -0.1) is 0 Å². The summed E-state index contributed by atoms with van der Waals surface area (Å²) >= 11 is 5.26. The fraction of sp³-hybridized carbons (Fsp3) is 0.231. The Morgan fingerprint density at radius 1 is 1.44 bits per heavy atom. The maximum atomic E-state index is 11.0. The van der Waals surface area contributed by atoms with E-state index in [0.29, 0.717) is 4.77 Å². The Morgan fingerprint density at radius 3 is 2.72 bits per heavy atom. The fourth-order valence-electron chi connectivity index (χ4n) is 2.03. The Labute approximate surface area is 110 Å². The molecule has 1 aromatic heterocycles. The van der Waals surface area contributed by atoms with E-state index in [0.717, 1.165) is 11.3 Å². The topological polar surface area (TPSA) is 63.8 Å². The van der Waals surface area contributed by atoms with Gasteiger partial charge in [-0.2, -0.15) is 0 Å². The predicted molar refractivity (Wildman–Crippen MR) is 73.6 cm³/mol. The molecule has 0 spiro atoms. The van der Waals surface area contributed by atoms with Gasteiger partial charge in [-0.3, -0.25) is 4.79 Å². The van der Waals surface area contributed by atoms with E-state index in [9.17, 15) is 4.79 Å². The molecular formula is C13H15N3OS. The summed E-state index contributed by atoms with van der Waals surface area (Å²) in [5.74, 6) is -0.329. The lowest BCUT2D eigenvalue weighted by Crippen LogP contribution is -2.18. The molecule has 1 unspecified atom stereocenters. The number of imidazole rings is 1. The van der Waals surface area contributed by atoms with E-state index < -0.39 is 0 Å². The number of carbonyl (C=O) groups is 1. The number of H-pyrrole nitrogens is 1. The summed E-state index contributed by atoms with van der Waals surface area (Å²) in [4.78, 5) is 14.0. The van der Waals surface area contributed by atoms with Gasteiger partial charge in [0.15, 0.2) is 4.77 Å². The van der Waals surface area contributed by atoms with Crippen LogP contribution in [0.3, 0.4) is 0 Å². The maximum absolute atomic E-state index is 11.0. The summed E-state index contributed by atoms with van der Waals surface area (Å²) in [6.45, 7) is 1.93. The van der Waals surface area contributed by atoms with Crippen molar-refractivity contribution in [2.75, 3.05) is 0 Å². The molecule has 2 aromatic rings. The average molecular weight is 261 g/mol. The van der Waals surface area contributed by atoms with Gasteiger partial charge in [-0.1, -0.05) is 30.3 Å². The van der Waals surface area contributed by atoms with Crippen molar-refractivity contribution in [2.24, 2.45) is 5.73 Å². The SMILES string of the molecule is CC(CC(N)=O)n1c(-c2ccccc2)c[nH]c1=S. The molecule has 4 nitrogen and oxygen atoms in total. The number of benzene rings is 1. The molecule has 1 atom stereocenters. The first-order valence-corrected chi connectivity index (χ1v) is 6.14. The van der Waals surface area contributed by atoms with Crippen LogP contribution in [0, 0.1) is 4.77 Å². The number of amides is 1. The normalized spacial score (nSPS) is 12.3. The highest BCUT2D eigenvalue weighted by molar-refractivity contribution is 7.71. The molecule has 2 rings (SSSR count). The van der Waals surface area contributed by atoms with Crippen LogP contribution in [0.15, 0.2) is 36.5 Å². The number of hydrogen-bond donors (Lipinski definition) is 2. The van der Waals surface area contributed by atoms with E-state index >= 15 is 0 Å². The van der Waals surface area contributed by atoms with E-state index in [-0.39, 0.29) is 18.4 Å². The second-order valence-corrected chi connectivity index (χ2v) is 4.62. The van der Waals surface area contributed by atoms with Crippen LogP contribution in [0.1, 0.15) is 19.4 Å². The zero-order valence-corrected chi connectivity index (χ0v) is 10.9. The molecule has 0 aliphatic rings. The summed E-state index contributed by atoms with van der Waals surface area (Å²) < 4.78 is 2.53. The number of hydrogen-bond acceptors (Lipinski definition) is 2. The molecule has 1 aromatic carbocycles. The minimum Gasteiger partial charge on any atom is -0.370 e. The molecular weight excluding hydrogens is 246 g/mol. The van der Waals surface area contributed by atoms with E-state index in [1.807, 2.05) is 48.0 Å². The zero-order chi connectivity index (χ0) is 13.1. The van der Waals surface area contributed by atoms with Crippen molar-refractivity contribution in [1.82, 2.24) is 9.55 Å². The number of rotatable bonds is 4. The third-order valence-electron chi connectivity index (χ3n) is 2.82. The van der Waals surface area contributed by atoms with Crippen molar-refractivity contribution in [3.05, 3.63) is 41.3 Å². The summed E-state index contributed by atoms with van der Waals surface area (Å²) in [5.41, 5.74) is 7.27. The maximum Gasteiger partial charge on any atom is 0.219 e. The van der Waals surface area contributed by atoms with Gasteiger partial charge >= 0.3 is 0 Å². The second-order valence-electron chi connectivity index (χ2n) is 4.23. The zero-order valence-electron chi connectivity index (χ0n) is 10.1. The molecule has 94 valence electrons. The Kier molecular flexibility index (Phi) is 3.62. The third kappa shape index (κ3) is 2.51. The van der Waals surface area contributed by atoms with Crippen molar-refractivity contribution >= 4 is 18.1 Å². The smallest absolute Gasteiger partial charge is 0.219 e. The minimum atomic E-state index is -0.329. The molecule has 0 saturated carbocycles. The van der Waals surface area contributed by atoms with Crippen molar-refractivity contribution < 1.29 is 4.79 Å². The molecule has 0 bridgehead atoms. The molecule has 5 heteroatoms. The van der Waals surface area contributed by atoms with Crippen molar-refractivity contribution in [3.8, 4) is 11.3 Å². The van der Waals surface area contributed by atoms with Crippen molar-refractivity contribution in [2.45, 2.75) is 19.4 Å². The lowest BCUT2D eigenvalue weighted by atomic mass is 10.1. The number of aromatic nitrogens is 2. The second kappa shape index (κ2) is 5.18. The molecule has 1 amide bonds. The monoisotopic (exact) mass is 261 g/mol. The van der Waals surface area contributed by atoms with Crippen LogP contribution in [0.25, 0.3) is 11.3 Å². The number of nitrogens with one attached hydrogen (secondary N) is 1. The van der Waals surface area contributed by atoms with Crippen LogP contribution in [-0.2, 0) is 4.79 Å². The Bertz CT molecular complexity index is 600. The van der Waals surface area contributed by atoms with Crippen LogP contribution >= 0.6 is 12.2 Å². The van der Waals surface area contributed by atoms with Gasteiger partial charge in [0.2, 0.25) is 5.91 Å². The Hall–Kier alpha value is -1.88. The number of aromatic amines is 1. The predicted octanol–water partition coefficient (Wildman–Crippen LogP) is 2.65. The molecule has 0 aliphatic heterocycles. The van der Waals surface area contributed by atoms with Crippen LogP contribution < -0.4 is 5.73 Å².